The number of rotatable bonds is 11. The number of hydrogen-bond donors (Lipinski definition) is 1. The van der Waals surface area contributed by atoms with Crippen molar-refractivity contribution in [3.05, 3.63) is 71.0 Å². The maximum Gasteiger partial charge on any atom is 0.416 e. The first-order valence-corrected chi connectivity index (χ1v) is 11.9. The van der Waals surface area contributed by atoms with Gasteiger partial charge in [-0.1, -0.05) is 29.8 Å². The van der Waals surface area contributed by atoms with Gasteiger partial charge in [0.25, 0.3) is 0 Å². The van der Waals surface area contributed by atoms with Crippen LogP contribution in [0.2, 0.25) is 0 Å². The number of halogens is 3. The van der Waals surface area contributed by atoms with Crippen LogP contribution in [0.4, 0.5) is 13.2 Å². The molecule has 0 unspecified atom stereocenters. The molecule has 0 fully saturated rings. The molecular weight excluding hydrogens is 471 g/mol. The number of esters is 1. The van der Waals surface area contributed by atoms with Crippen molar-refractivity contribution in [2.24, 2.45) is 5.73 Å². The summed E-state index contributed by atoms with van der Waals surface area (Å²) in [6, 6.07) is 10.6. The van der Waals surface area contributed by atoms with Crippen LogP contribution >= 0.6 is 0 Å². The highest BCUT2D eigenvalue weighted by Gasteiger charge is 2.30. The summed E-state index contributed by atoms with van der Waals surface area (Å²) in [6.45, 7) is 6.86. The van der Waals surface area contributed by atoms with Crippen molar-refractivity contribution in [1.82, 2.24) is 9.55 Å². The SMILES string of the molecule is CCOC(=O)C[C@H](N)CCCOc1ccc(C)cc1Cn1c(C)cnc1-c1ccc(C(F)(F)F)cc1. The van der Waals surface area contributed by atoms with Gasteiger partial charge in [0.1, 0.15) is 11.6 Å². The summed E-state index contributed by atoms with van der Waals surface area (Å²) < 4.78 is 51.9. The van der Waals surface area contributed by atoms with E-state index in [0.29, 0.717) is 49.7 Å². The van der Waals surface area contributed by atoms with Crippen molar-refractivity contribution < 1.29 is 27.4 Å². The second-order valence-electron chi connectivity index (χ2n) is 8.76. The summed E-state index contributed by atoms with van der Waals surface area (Å²) in [5.74, 6) is 0.996. The molecule has 3 rings (SSSR count). The molecule has 0 radical (unpaired) electrons. The lowest BCUT2D eigenvalue weighted by atomic mass is 10.1. The number of nitrogens with two attached hydrogens (primary N) is 1. The third-order valence-electron chi connectivity index (χ3n) is 5.78. The summed E-state index contributed by atoms with van der Waals surface area (Å²) in [5, 5.41) is 0. The topological polar surface area (TPSA) is 79.4 Å². The van der Waals surface area contributed by atoms with Crippen molar-refractivity contribution in [2.45, 2.75) is 58.8 Å². The Kier molecular flexibility index (Phi) is 9.14. The number of carbonyl (C=O) groups is 1. The van der Waals surface area contributed by atoms with Gasteiger partial charge in [0, 0.05) is 29.1 Å². The Morgan fingerprint density at radius 1 is 1.14 bits per heavy atom. The van der Waals surface area contributed by atoms with Crippen molar-refractivity contribution in [2.75, 3.05) is 13.2 Å². The zero-order chi connectivity index (χ0) is 26.3. The maximum atomic E-state index is 13.0. The third kappa shape index (κ3) is 7.34. The van der Waals surface area contributed by atoms with E-state index in [0.717, 1.165) is 29.0 Å². The van der Waals surface area contributed by atoms with Crippen LogP contribution in [0, 0.1) is 13.8 Å². The number of alkyl halides is 3. The molecule has 36 heavy (non-hydrogen) atoms. The highest BCUT2D eigenvalue weighted by Crippen LogP contribution is 2.31. The first-order chi connectivity index (χ1) is 17.1. The lowest BCUT2D eigenvalue weighted by Crippen LogP contribution is -2.25. The number of imidazole rings is 1. The van der Waals surface area contributed by atoms with Gasteiger partial charge in [0.2, 0.25) is 0 Å². The van der Waals surface area contributed by atoms with Crippen LogP contribution in [0.1, 0.15) is 48.6 Å². The molecule has 3 aromatic rings. The van der Waals surface area contributed by atoms with E-state index in [1.165, 1.54) is 12.1 Å². The lowest BCUT2D eigenvalue weighted by Gasteiger charge is -2.16. The van der Waals surface area contributed by atoms with Gasteiger partial charge in [-0.2, -0.15) is 13.2 Å². The summed E-state index contributed by atoms with van der Waals surface area (Å²) in [6.07, 6.45) is -1.21. The molecular formula is C27H32F3N3O3. The molecule has 0 aliphatic rings. The summed E-state index contributed by atoms with van der Waals surface area (Å²) >= 11 is 0. The van der Waals surface area contributed by atoms with E-state index in [-0.39, 0.29) is 18.4 Å². The molecule has 2 N–H and O–H groups in total. The van der Waals surface area contributed by atoms with E-state index in [2.05, 4.69) is 4.98 Å². The fourth-order valence-corrected chi connectivity index (χ4v) is 3.91. The highest BCUT2D eigenvalue weighted by atomic mass is 19.4. The van der Waals surface area contributed by atoms with Crippen LogP contribution in [-0.2, 0) is 22.3 Å². The Balaban J connectivity index is 1.70. The standard InChI is InChI=1S/C27H32F3N3O3/c1-4-35-25(34)15-23(31)6-5-13-36-24-12-7-18(2)14-21(24)17-33-19(3)16-32-26(33)20-8-10-22(11-9-20)27(28,29)30/h7-12,14,16,23H,4-6,13,15,17,31H2,1-3H3/t23-/m1/s1. The predicted octanol–water partition coefficient (Wildman–Crippen LogP) is 5.67. The average molecular weight is 504 g/mol. The van der Waals surface area contributed by atoms with Crippen LogP contribution in [0.15, 0.2) is 48.7 Å². The second-order valence-corrected chi connectivity index (χ2v) is 8.76. The quantitative estimate of drug-likeness (QED) is 0.269. The van der Waals surface area contributed by atoms with Crippen LogP contribution in [0.25, 0.3) is 11.4 Å². The molecule has 1 atom stereocenters. The molecule has 2 aromatic carbocycles. The second kappa shape index (κ2) is 12.1. The molecule has 0 aliphatic heterocycles. The van der Waals surface area contributed by atoms with Gasteiger partial charge < -0.3 is 19.8 Å². The largest absolute Gasteiger partial charge is 0.493 e. The first kappa shape index (κ1) is 27.3. The van der Waals surface area contributed by atoms with Gasteiger partial charge in [-0.15, -0.1) is 0 Å². The third-order valence-corrected chi connectivity index (χ3v) is 5.78. The zero-order valence-corrected chi connectivity index (χ0v) is 20.8. The van der Waals surface area contributed by atoms with Crippen molar-refractivity contribution in [3.8, 4) is 17.1 Å². The summed E-state index contributed by atoms with van der Waals surface area (Å²) in [7, 11) is 0. The number of ether oxygens (including phenoxy) is 2. The van der Waals surface area contributed by atoms with E-state index < -0.39 is 11.7 Å². The van der Waals surface area contributed by atoms with Crippen LogP contribution in [-0.4, -0.2) is 34.8 Å². The van der Waals surface area contributed by atoms with E-state index in [1.54, 1.807) is 13.1 Å². The predicted molar refractivity (Wildman–Crippen MR) is 132 cm³/mol. The Hall–Kier alpha value is -3.33. The lowest BCUT2D eigenvalue weighted by molar-refractivity contribution is -0.143. The van der Waals surface area contributed by atoms with E-state index in [1.807, 2.05) is 36.6 Å². The maximum absolute atomic E-state index is 13.0. The van der Waals surface area contributed by atoms with Crippen molar-refractivity contribution in [1.29, 1.82) is 0 Å². The molecule has 1 heterocycles. The molecule has 194 valence electrons. The smallest absolute Gasteiger partial charge is 0.416 e. The van der Waals surface area contributed by atoms with Crippen LogP contribution in [0.5, 0.6) is 5.75 Å². The van der Waals surface area contributed by atoms with Gasteiger partial charge in [0.15, 0.2) is 0 Å². The molecule has 0 saturated heterocycles. The monoisotopic (exact) mass is 503 g/mol. The van der Waals surface area contributed by atoms with E-state index in [4.69, 9.17) is 15.2 Å². The first-order valence-electron chi connectivity index (χ1n) is 11.9. The van der Waals surface area contributed by atoms with Crippen LogP contribution in [0.3, 0.4) is 0 Å². The Morgan fingerprint density at radius 2 is 1.86 bits per heavy atom. The number of hydrogen-bond acceptors (Lipinski definition) is 5. The number of benzene rings is 2. The number of carbonyl (C=O) groups excluding carboxylic acids is 1. The molecule has 0 saturated carbocycles. The Bertz CT molecular complexity index is 1160. The molecule has 0 bridgehead atoms. The normalized spacial score (nSPS) is 12.4. The van der Waals surface area contributed by atoms with Crippen molar-refractivity contribution in [3.63, 3.8) is 0 Å². The molecule has 1 aromatic heterocycles. The van der Waals surface area contributed by atoms with Crippen molar-refractivity contribution >= 4 is 5.97 Å². The number of aromatic nitrogens is 2. The molecule has 6 nitrogen and oxygen atoms in total. The molecule has 0 spiro atoms. The summed E-state index contributed by atoms with van der Waals surface area (Å²) in [5.41, 5.74) is 8.78. The fraction of sp³-hybridized carbons (Fsp3) is 0.407. The van der Waals surface area contributed by atoms with E-state index in [9.17, 15) is 18.0 Å². The Labute approximate surface area is 209 Å². The highest BCUT2D eigenvalue weighted by molar-refractivity contribution is 5.70. The minimum Gasteiger partial charge on any atom is -0.493 e. The van der Waals surface area contributed by atoms with Gasteiger partial charge in [-0.3, -0.25) is 4.79 Å². The van der Waals surface area contributed by atoms with Gasteiger partial charge in [-0.25, -0.2) is 4.98 Å². The van der Waals surface area contributed by atoms with Crippen LogP contribution < -0.4 is 10.5 Å². The minimum absolute atomic E-state index is 0.177. The van der Waals surface area contributed by atoms with Gasteiger partial charge >= 0.3 is 12.1 Å². The molecule has 9 heteroatoms. The average Bonchev–Trinajstić information content (AvgIpc) is 3.17. The Morgan fingerprint density at radius 3 is 2.53 bits per heavy atom. The minimum atomic E-state index is -4.39. The molecule has 0 aliphatic carbocycles. The van der Waals surface area contributed by atoms with E-state index >= 15 is 0 Å². The number of aryl methyl sites for hydroxylation is 2. The molecule has 0 amide bonds. The fourth-order valence-electron chi connectivity index (χ4n) is 3.91. The number of nitrogens with zero attached hydrogens (tertiary/aromatic N) is 2. The zero-order valence-electron chi connectivity index (χ0n) is 20.8. The van der Waals surface area contributed by atoms with Gasteiger partial charge in [0.05, 0.1) is 31.7 Å². The van der Waals surface area contributed by atoms with Gasteiger partial charge in [-0.05, 0) is 51.8 Å². The summed E-state index contributed by atoms with van der Waals surface area (Å²) in [4.78, 5) is 16.0.